The molecule has 1 aromatic carbocycles. The fourth-order valence-electron chi connectivity index (χ4n) is 5.17. The summed E-state index contributed by atoms with van der Waals surface area (Å²) in [5.74, 6) is 0.720. The number of rotatable bonds is 6. The van der Waals surface area contributed by atoms with Crippen molar-refractivity contribution >= 4 is 56.5 Å². The normalized spacial score (nSPS) is 16.3. The van der Waals surface area contributed by atoms with E-state index in [4.69, 9.17) is 21.1 Å². The topological polar surface area (TPSA) is 96.9 Å². The summed E-state index contributed by atoms with van der Waals surface area (Å²) in [5, 5.41) is 4.31. The molecule has 1 N–H and O–H groups in total. The number of ether oxygens (including phenoxy) is 2. The molecule has 2 aliphatic rings. The van der Waals surface area contributed by atoms with Crippen LogP contribution in [0, 0.1) is 12.8 Å². The molecule has 5 rings (SSSR count). The average molecular weight is 544 g/mol. The number of nitrogens with one attached hydrogen (secondary N) is 1. The molecule has 2 aliphatic heterocycles. The number of pyridine rings is 1. The van der Waals surface area contributed by atoms with Crippen LogP contribution in [0.1, 0.15) is 41.7 Å². The van der Waals surface area contributed by atoms with Crippen LogP contribution >= 0.6 is 23.1 Å². The summed E-state index contributed by atoms with van der Waals surface area (Å²) in [6, 6.07) is 3.30. The van der Waals surface area contributed by atoms with Crippen molar-refractivity contribution in [1.29, 1.82) is 0 Å². The van der Waals surface area contributed by atoms with E-state index in [2.05, 4.69) is 19.6 Å². The van der Waals surface area contributed by atoms with E-state index in [1.807, 2.05) is 11.8 Å². The number of carbonyl (C=O) groups excluding carboxylic acids is 2. The average Bonchev–Trinajstić information content (AvgIpc) is 3.58. The molecule has 0 atom stereocenters. The van der Waals surface area contributed by atoms with Crippen LogP contribution in [0.4, 0.5) is 11.4 Å². The molecule has 11 heteroatoms. The Morgan fingerprint density at radius 2 is 1.78 bits per heavy atom. The number of amides is 2. The quantitative estimate of drug-likeness (QED) is 0.478. The van der Waals surface area contributed by atoms with Gasteiger partial charge in [0.05, 0.1) is 47.3 Å². The number of aryl methyl sites for hydroxylation is 1. The summed E-state index contributed by atoms with van der Waals surface area (Å²) in [7, 11) is 3.07. The molecule has 0 saturated carbocycles. The first kappa shape index (κ1) is 25.5. The van der Waals surface area contributed by atoms with Crippen LogP contribution < -0.4 is 19.7 Å². The van der Waals surface area contributed by atoms with E-state index in [1.165, 1.54) is 25.8 Å². The van der Waals surface area contributed by atoms with Gasteiger partial charge in [-0.2, -0.15) is 4.37 Å². The molecule has 2 fully saturated rings. The van der Waals surface area contributed by atoms with Gasteiger partial charge in [-0.25, -0.2) is 4.98 Å². The molecule has 3 aromatic rings. The lowest BCUT2D eigenvalue weighted by Gasteiger charge is -2.35. The lowest BCUT2D eigenvalue weighted by atomic mass is 9.94. The van der Waals surface area contributed by atoms with Crippen molar-refractivity contribution in [2.45, 2.75) is 32.6 Å². The van der Waals surface area contributed by atoms with Crippen molar-refractivity contribution in [3.8, 4) is 11.5 Å². The third kappa shape index (κ3) is 4.92. The second-order valence-electron chi connectivity index (χ2n) is 9.41. The minimum atomic E-state index is -0.182. The maximum atomic E-state index is 13.4. The van der Waals surface area contributed by atoms with Crippen molar-refractivity contribution in [3.63, 3.8) is 0 Å². The minimum Gasteiger partial charge on any atom is -0.495 e. The summed E-state index contributed by atoms with van der Waals surface area (Å²) >= 11 is 7.62. The zero-order valence-electron chi connectivity index (χ0n) is 21.2. The number of halogens is 1. The van der Waals surface area contributed by atoms with Crippen LogP contribution in [0.15, 0.2) is 18.3 Å². The van der Waals surface area contributed by atoms with Crippen LogP contribution in [-0.4, -0.2) is 66.5 Å². The number of benzene rings is 1. The fraction of sp³-hybridized carbons (Fsp3) is 0.462. The van der Waals surface area contributed by atoms with Crippen molar-refractivity contribution in [2.75, 3.05) is 50.6 Å². The molecule has 2 saturated heterocycles. The van der Waals surface area contributed by atoms with E-state index in [9.17, 15) is 9.59 Å². The van der Waals surface area contributed by atoms with Gasteiger partial charge in [0.15, 0.2) is 0 Å². The van der Waals surface area contributed by atoms with Gasteiger partial charge in [-0.15, -0.1) is 0 Å². The molecule has 0 radical (unpaired) electrons. The van der Waals surface area contributed by atoms with E-state index in [0.29, 0.717) is 53.7 Å². The van der Waals surface area contributed by atoms with E-state index in [0.717, 1.165) is 47.5 Å². The highest BCUT2D eigenvalue weighted by Gasteiger charge is 2.32. The van der Waals surface area contributed by atoms with Crippen molar-refractivity contribution in [3.05, 3.63) is 34.6 Å². The summed E-state index contributed by atoms with van der Waals surface area (Å²) in [6.07, 6.45) is 5.06. The van der Waals surface area contributed by atoms with Crippen molar-refractivity contribution in [2.24, 2.45) is 5.92 Å². The summed E-state index contributed by atoms with van der Waals surface area (Å²) in [5.41, 5.74) is 2.91. The number of fused-ring (bicyclic) bond motifs is 1. The monoisotopic (exact) mass is 543 g/mol. The second kappa shape index (κ2) is 10.7. The molecule has 4 heterocycles. The van der Waals surface area contributed by atoms with E-state index < -0.39 is 0 Å². The van der Waals surface area contributed by atoms with Gasteiger partial charge in [0.25, 0.3) is 5.91 Å². The van der Waals surface area contributed by atoms with Gasteiger partial charge in [-0.1, -0.05) is 11.6 Å². The smallest absolute Gasteiger partial charge is 0.257 e. The van der Waals surface area contributed by atoms with Crippen LogP contribution in [0.2, 0.25) is 5.02 Å². The Balaban J connectivity index is 1.35. The number of methoxy groups -OCH3 is 2. The number of carbonyl (C=O) groups is 2. The van der Waals surface area contributed by atoms with E-state index in [1.54, 1.807) is 18.3 Å². The van der Waals surface area contributed by atoms with E-state index >= 15 is 0 Å². The number of anilines is 2. The molecule has 0 bridgehead atoms. The Labute approximate surface area is 224 Å². The summed E-state index contributed by atoms with van der Waals surface area (Å²) in [6.45, 7) is 4.80. The molecule has 196 valence electrons. The Hall–Kier alpha value is -3.11. The first-order valence-corrected chi connectivity index (χ1v) is 13.6. The summed E-state index contributed by atoms with van der Waals surface area (Å²) < 4.78 is 15.2. The molecular weight excluding hydrogens is 514 g/mol. The first-order chi connectivity index (χ1) is 17.9. The predicted molar refractivity (Wildman–Crippen MR) is 145 cm³/mol. The molecule has 0 spiro atoms. The van der Waals surface area contributed by atoms with Gasteiger partial charge in [0.1, 0.15) is 16.3 Å². The highest BCUT2D eigenvalue weighted by Crippen LogP contribution is 2.39. The fourth-order valence-corrected chi connectivity index (χ4v) is 6.16. The summed E-state index contributed by atoms with van der Waals surface area (Å²) in [4.78, 5) is 36.2. The second-order valence-corrected chi connectivity index (χ2v) is 10.6. The zero-order chi connectivity index (χ0) is 26.1. The van der Waals surface area contributed by atoms with Gasteiger partial charge >= 0.3 is 0 Å². The van der Waals surface area contributed by atoms with Gasteiger partial charge in [-0.05, 0) is 50.2 Å². The molecule has 0 unspecified atom stereocenters. The van der Waals surface area contributed by atoms with Gasteiger partial charge < -0.3 is 24.6 Å². The third-order valence-electron chi connectivity index (χ3n) is 7.18. The maximum absolute atomic E-state index is 13.4. The number of hydrogen-bond acceptors (Lipinski definition) is 8. The Bertz CT molecular complexity index is 1330. The zero-order valence-corrected chi connectivity index (χ0v) is 22.7. The predicted octanol–water partition coefficient (Wildman–Crippen LogP) is 4.76. The molecule has 2 amide bonds. The Morgan fingerprint density at radius 1 is 1.08 bits per heavy atom. The van der Waals surface area contributed by atoms with Gasteiger partial charge in [-0.3, -0.25) is 9.59 Å². The number of hydrogen-bond donors (Lipinski definition) is 1. The van der Waals surface area contributed by atoms with E-state index in [-0.39, 0.29) is 17.7 Å². The van der Waals surface area contributed by atoms with Crippen LogP contribution in [0.5, 0.6) is 11.5 Å². The van der Waals surface area contributed by atoms with Crippen LogP contribution in [0.25, 0.3) is 10.2 Å². The minimum absolute atomic E-state index is 0.0239. The van der Waals surface area contributed by atoms with Crippen LogP contribution in [0.3, 0.4) is 0 Å². The molecule has 9 nitrogen and oxygen atoms in total. The molecular formula is C26H30ClN5O4S. The van der Waals surface area contributed by atoms with Gasteiger partial charge in [0.2, 0.25) is 5.91 Å². The Morgan fingerprint density at radius 3 is 2.46 bits per heavy atom. The molecule has 2 aromatic heterocycles. The van der Waals surface area contributed by atoms with Crippen LogP contribution in [-0.2, 0) is 4.79 Å². The standard InChI is InChI=1S/C26H30ClN5O4S/c1-15-22-23(17(14-28-25(22)37-30-15)26(34)32-8-4-5-9-32)31-10-6-16(7-11-31)24(33)29-19-12-18(27)20(35-2)13-21(19)36-3/h12-14,16H,4-11H2,1-3H3,(H,29,33). The third-order valence-corrected chi connectivity index (χ3v) is 8.33. The maximum Gasteiger partial charge on any atom is 0.257 e. The number of piperidine rings is 1. The lowest BCUT2D eigenvalue weighted by Crippen LogP contribution is -2.39. The first-order valence-electron chi connectivity index (χ1n) is 12.4. The number of likely N-dealkylation sites (tertiary alicyclic amines) is 1. The lowest BCUT2D eigenvalue weighted by molar-refractivity contribution is -0.120. The highest BCUT2D eigenvalue weighted by atomic mass is 35.5. The SMILES string of the molecule is COc1cc(OC)c(NC(=O)C2CCN(c3c(C(=O)N4CCCC4)cnc4snc(C)c34)CC2)cc1Cl. The number of aromatic nitrogens is 2. The molecule has 37 heavy (non-hydrogen) atoms. The number of nitrogens with zero attached hydrogens (tertiary/aromatic N) is 4. The highest BCUT2D eigenvalue weighted by molar-refractivity contribution is 7.13. The Kier molecular flexibility index (Phi) is 7.39. The largest absolute Gasteiger partial charge is 0.495 e. The van der Waals surface area contributed by atoms with Crippen molar-refractivity contribution < 1.29 is 19.1 Å². The van der Waals surface area contributed by atoms with Crippen molar-refractivity contribution in [1.82, 2.24) is 14.3 Å². The molecule has 0 aliphatic carbocycles. The van der Waals surface area contributed by atoms with Gasteiger partial charge in [0, 0.05) is 44.4 Å².